The fourth-order valence-electron chi connectivity index (χ4n) is 5.41. The molecule has 218 valence electrons. The van der Waals surface area contributed by atoms with Gasteiger partial charge in [0.2, 0.25) is 0 Å². The number of hydrogen-bond donors (Lipinski definition) is 0. The van der Waals surface area contributed by atoms with E-state index in [1.165, 1.54) is 12.8 Å². The lowest BCUT2D eigenvalue weighted by atomic mass is 9.83. The van der Waals surface area contributed by atoms with Gasteiger partial charge in [0, 0.05) is 6.54 Å². The number of hydrogen-bond acceptors (Lipinski definition) is 8. The third kappa shape index (κ3) is 7.68. The molecule has 1 aliphatic carbocycles. The molecule has 0 saturated carbocycles. The van der Waals surface area contributed by atoms with E-state index >= 15 is 0 Å². The monoisotopic (exact) mass is 579 g/mol. The van der Waals surface area contributed by atoms with Gasteiger partial charge in [-0.3, -0.25) is 4.90 Å². The molecule has 0 radical (unpaired) electrons. The number of methoxy groups -OCH3 is 2. The molecule has 0 unspecified atom stereocenters. The van der Waals surface area contributed by atoms with Crippen molar-refractivity contribution >= 4 is 21.3 Å². The van der Waals surface area contributed by atoms with E-state index in [1.54, 1.807) is 14.2 Å². The Bertz CT molecular complexity index is 1460. The lowest BCUT2D eigenvalue weighted by Crippen LogP contribution is -2.25. The SMILES string of the molecule is COc1cccc(C2=C(CS(=O)(=O)OOCc3ccc(OCCN4CCCC4)cc3)c3ccc(OC)cc3CC2)c1. The highest BCUT2D eigenvalue weighted by molar-refractivity contribution is 7.87. The van der Waals surface area contributed by atoms with Crippen LogP contribution in [0.5, 0.6) is 17.2 Å². The number of aryl methyl sites for hydroxylation is 1. The molecule has 8 nitrogen and oxygen atoms in total. The Labute approximate surface area is 242 Å². The largest absolute Gasteiger partial charge is 0.497 e. The first kappa shape index (κ1) is 29.1. The summed E-state index contributed by atoms with van der Waals surface area (Å²) in [6.45, 7) is 3.83. The van der Waals surface area contributed by atoms with Gasteiger partial charge in [-0.05, 0) is 109 Å². The zero-order chi connectivity index (χ0) is 28.7. The van der Waals surface area contributed by atoms with Crippen molar-refractivity contribution in [2.24, 2.45) is 0 Å². The maximum absolute atomic E-state index is 13.1. The Morgan fingerprint density at radius 1 is 0.829 bits per heavy atom. The first-order chi connectivity index (χ1) is 19.9. The Hall–Kier alpha value is -3.37. The Balaban J connectivity index is 1.24. The van der Waals surface area contributed by atoms with Gasteiger partial charge in [0.25, 0.3) is 10.1 Å². The molecule has 41 heavy (non-hydrogen) atoms. The zero-order valence-corrected chi connectivity index (χ0v) is 24.5. The van der Waals surface area contributed by atoms with E-state index in [1.807, 2.05) is 66.7 Å². The minimum atomic E-state index is -4.07. The van der Waals surface area contributed by atoms with Crippen LogP contribution in [0.3, 0.4) is 0 Å². The maximum Gasteiger partial charge on any atom is 0.297 e. The predicted octanol–water partition coefficient (Wildman–Crippen LogP) is 5.51. The standard InChI is InChI=1S/C32H37NO7S/c1-36-28-7-5-6-25(20-28)30-14-10-26-21-29(37-2)13-15-31(26)32(30)23-41(34,35)40-39-22-24-8-11-27(12-9-24)38-19-18-33-16-3-4-17-33/h5-9,11-13,15,20-21H,3-4,10,14,16-19,22-23H2,1-2H3. The summed E-state index contributed by atoms with van der Waals surface area (Å²) in [5.74, 6) is 1.88. The fourth-order valence-corrected chi connectivity index (χ4v) is 6.34. The van der Waals surface area contributed by atoms with Crippen molar-refractivity contribution in [2.45, 2.75) is 32.3 Å². The summed E-state index contributed by atoms with van der Waals surface area (Å²) >= 11 is 0. The van der Waals surface area contributed by atoms with Gasteiger partial charge in [-0.2, -0.15) is 8.42 Å². The molecule has 0 spiro atoms. The zero-order valence-electron chi connectivity index (χ0n) is 23.6. The van der Waals surface area contributed by atoms with E-state index in [2.05, 4.69) is 4.90 Å². The molecule has 1 saturated heterocycles. The first-order valence-electron chi connectivity index (χ1n) is 14.0. The molecule has 3 aromatic carbocycles. The number of ether oxygens (including phenoxy) is 3. The number of benzene rings is 3. The topological polar surface area (TPSA) is 83.5 Å². The normalized spacial score (nSPS) is 15.6. The molecule has 3 aromatic rings. The van der Waals surface area contributed by atoms with Crippen LogP contribution in [0.15, 0.2) is 66.7 Å². The van der Waals surface area contributed by atoms with Gasteiger partial charge in [-0.15, -0.1) is 4.33 Å². The molecule has 2 aliphatic rings. The van der Waals surface area contributed by atoms with Crippen molar-refractivity contribution in [2.75, 3.05) is 46.2 Å². The van der Waals surface area contributed by atoms with Gasteiger partial charge >= 0.3 is 0 Å². The summed E-state index contributed by atoms with van der Waals surface area (Å²) in [7, 11) is -0.833. The molecule has 0 aromatic heterocycles. The lowest BCUT2D eigenvalue weighted by Gasteiger charge is -2.24. The van der Waals surface area contributed by atoms with E-state index in [9.17, 15) is 8.42 Å². The third-order valence-electron chi connectivity index (χ3n) is 7.56. The summed E-state index contributed by atoms with van der Waals surface area (Å²) in [6, 6.07) is 20.8. The van der Waals surface area contributed by atoms with Crippen molar-refractivity contribution in [3.63, 3.8) is 0 Å². The van der Waals surface area contributed by atoms with Crippen molar-refractivity contribution in [3.05, 3.63) is 89.0 Å². The van der Waals surface area contributed by atoms with Crippen molar-refractivity contribution in [1.29, 1.82) is 0 Å². The molecule has 1 heterocycles. The van der Waals surface area contributed by atoms with Gasteiger partial charge in [0.05, 0.1) is 14.2 Å². The van der Waals surface area contributed by atoms with Crippen LogP contribution in [0.1, 0.15) is 41.5 Å². The Morgan fingerprint density at radius 3 is 2.32 bits per heavy atom. The van der Waals surface area contributed by atoms with E-state index in [-0.39, 0.29) is 12.4 Å². The summed E-state index contributed by atoms with van der Waals surface area (Å²) in [6.07, 6.45) is 3.95. The number of likely N-dealkylation sites (tertiary alicyclic amines) is 1. The van der Waals surface area contributed by atoms with Crippen LogP contribution in [0.4, 0.5) is 0 Å². The van der Waals surface area contributed by atoms with Gasteiger partial charge in [0.15, 0.2) is 0 Å². The van der Waals surface area contributed by atoms with Crippen molar-refractivity contribution < 1.29 is 31.8 Å². The first-order valence-corrected chi connectivity index (χ1v) is 15.5. The lowest BCUT2D eigenvalue weighted by molar-refractivity contribution is -0.212. The smallest absolute Gasteiger partial charge is 0.297 e. The Kier molecular flexibility index (Phi) is 9.61. The highest BCUT2D eigenvalue weighted by Crippen LogP contribution is 2.40. The van der Waals surface area contributed by atoms with Crippen LogP contribution in [0.25, 0.3) is 11.1 Å². The maximum atomic E-state index is 13.1. The second-order valence-corrected chi connectivity index (χ2v) is 11.8. The number of nitrogens with zero attached hydrogens (tertiary/aromatic N) is 1. The van der Waals surface area contributed by atoms with E-state index in [0.717, 1.165) is 65.4 Å². The molecule has 0 amide bonds. The summed E-state index contributed by atoms with van der Waals surface area (Å²) in [5, 5.41) is 0. The number of allylic oxidation sites excluding steroid dienone is 1. The van der Waals surface area contributed by atoms with Crippen LogP contribution in [-0.2, 0) is 32.4 Å². The molecule has 1 fully saturated rings. The van der Waals surface area contributed by atoms with E-state index < -0.39 is 10.1 Å². The average Bonchev–Trinajstić information content (AvgIpc) is 3.51. The van der Waals surface area contributed by atoms with Crippen LogP contribution in [0, 0.1) is 0 Å². The summed E-state index contributed by atoms with van der Waals surface area (Å²) in [5.41, 5.74) is 5.21. The van der Waals surface area contributed by atoms with Crippen LogP contribution < -0.4 is 14.2 Å². The molecule has 0 N–H and O–H groups in total. The van der Waals surface area contributed by atoms with Gasteiger partial charge in [-0.1, -0.05) is 30.3 Å². The minimum absolute atomic E-state index is 0.0110. The number of fused-ring (bicyclic) bond motifs is 1. The van der Waals surface area contributed by atoms with Crippen LogP contribution in [0.2, 0.25) is 0 Å². The van der Waals surface area contributed by atoms with Gasteiger partial charge in [-0.25, -0.2) is 4.89 Å². The quantitative estimate of drug-likeness (QED) is 0.194. The highest BCUT2D eigenvalue weighted by atomic mass is 32.2. The van der Waals surface area contributed by atoms with Crippen molar-refractivity contribution in [3.8, 4) is 17.2 Å². The molecule has 0 bridgehead atoms. The summed E-state index contributed by atoms with van der Waals surface area (Å²) in [4.78, 5) is 7.62. The van der Waals surface area contributed by atoms with E-state index in [0.29, 0.717) is 24.4 Å². The minimum Gasteiger partial charge on any atom is -0.497 e. The Morgan fingerprint density at radius 2 is 1.56 bits per heavy atom. The molecule has 9 heteroatoms. The van der Waals surface area contributed by atoms with Gasteiger partial charge < -0.3 is 14.2 Å². The highest BCUT2D eigenvalue weighted by Gasteiger charge is 2.26. The van der Waals surface area contributed by atoms with Crippen molar-refractivity contribution in [1.82, 2.24) is 4.90 Å². The second-order valence-electron chi connectivity index (χ2n) is 10.3. The molecule has 0 atom stereocenters. The fraction of sp³-hybridized carbons (Fsp3) is 0.375. The van der Waals surface area contributed by atoms with Gasteiger partial charge in [0.1, 0.15) is 36.2 Å². The second kappa shape index (κ2) is 13.5. The van der Waals surface area contributed by atoms with Crippen LogP contribution in [-0.4, -0.2) is 59.5 Å². The molecular formula is C32H37NO7S. The number of rotatable bonds is 13. The average molecular weight is 580 g/mol. The molecule has 5 rings (SSSR count). The molecule has 1 aliphatic heterocycles. The third-order valence-corrected chi connectivity index (χ3v) is 8.51. The molecular weight excluding hydrogens is 542 g/mol. The predicted molar refractivity (Wildman–Crippen MR) is 158 cm³/mol. The van der Waals surface area contributed by atoms with E-state index in [4.69, 9.17) is 23.4 Å². The van der Waals surface area contributed by atoms with Crippen LogP contribution >= 0.6 is 0 Å². The summed E-state index contributed by atoms with van der Waals surface area (Å²) < 4.78 is 48.0.